The monoisotopic (exact) mass is 377 g/mol. The zero-order chi connectivity index (χ0) is 14.3. The number of benzene rings is 1. The Bertz CT molecular complexity index is 424. The van der Waals surface area contributed by atoms with Crippen molar-refractivity contribution in [3.05, 3.63) is 29.3 Å². The van der Waals surface area contributed by atoms with Crippen LogP contribution in [0.1, 0.15) is 37.3 Å². The minimum absolute atomic E-state index is 0.360. The summed E-state index contributed by atoms with van der Waals surface area (Å²) in [4.78, 5) is 4.57. The summed E-state index contributed by atoms with van der Waals surface area (Å²) >= 11 is -0.826. The molecule has 0 radical (unpaired) electrons. The maximum atomic E-state index is 9.83. The van der Waals surface area contributed by atoms with E-state index in [0.29, 0.717) is 11.8 Å². The van der Waals surface area contributed by atoms with E-state index < -0.39 is 20.8 Å². The average molecular weight is 379 g/mol. The summed E-state index contributed by atoms with van der Waals surface area (Å²) in [5.41, 5.74) is 1.74. The summed E-state index contributed by atoms with van der Waals surface area (Å²) in [7, 11) is 9.87. The molecule has 1 N–H and O–H groups in total. The summed E-state index contributed by atoms with van der Waals surface area (Å²) in [6.45, 7) is 4.13. The van der Waals surface area contributed by atoms with Crippen molar-refractivity contribution < 1.29 is 26.0 Å². The number of hydrogen-bond acceptors (Lipinski definition) is 2. The first-order valence-corrected chi connectivity index (χ1v) is 12.7. The molecule has 0 heterocycles. The van der Waals surface area contributed by atoms with Crippen molar-refractivity contribution in [1.82, 2.24) is 0 Å². The number of para-hydroxylation sites is 1. The van der Waals surface area contributed by atoms with Crippen LogP contribution in [0.25, 0.3) is 0 Å². The van der Waals surface area contributed by atoms with Crippen LogP contribution in [-0.2, 0) is 20.8 Å². The Morgan fingerprint density at radius 1 is 1.42 bits per heavy atom. The average Bonchev–Trinajstić information content (AvgIpc) is 2.35. The normalized spacial score (nSPS) is 21.5. The van der Waals surface area contributed by atoms with Gasteiger partial charge in [-0.2, -0.15) is 0 Å². The number of aliphatic imine (C=N–C) groups is 1. The van der Waals surface area contributed by atoms with E-state index in [1.807, 2.05) is 31.3 Å². The molecule has 1 aromatic rings. The molecule has 5 heteroatoms. The van der Waals surface area contributed by atoms with E-state index in [9.17, 15) is 5.11 Å². The fourth-order valence-corrected chi connectivity index (χ4v) is 2.19. The van der Waals surface area contributed by atoms with Crippen LogP contribution in [0.2, 0.25) is 0 Å². The first kappa shape index (κ1) is 17.2. The zero-order valence-electron chi connectivity index (χ0n) is 11.2. The van der Waals surface area contributed by atoms with Crippen LogP contribution in [0.4, 0.5) is 0 Å². The van der Waals surface area contributed by atoms with Gasteiger partial charge in [-0.1, -0.05) is 25.5 Å². The Kier molecular flexibility index (Phi) is 8.29. The summed E-state index contributed by atoms with van der Waals surface area (Å²) in [6.07, 6.45) is 5.54. The Hall–Kier alpha value is 0.153. The van der Waals surface area contributed by atoms with Gasteiger partial charge in [0, 0.05) is 11.8 Å². The minimum atomic E-state index is -0.826. The van der Waals surface area contributed by atoms with Gasteiger partial charge in [0.1, 0.15) is 5.75 Å². The van der Waals surface area contributed by atoms with Crippen LogP contribution >= 0.6 is 17.0 Å². The number of nitrogens with zero attached hydrogens (tertiary/aromatic N) is 1. The van der Waals surface area contributed by atoms with E-state index in [2.05, 4.69) is 11.9 Å². The van der Waals surface area contributed by atoms with Gasteiger partial charge in [0.05, 0.1) is 6.04 Å². The van der Waals surface area contributed by atoms with Gasteiger partial charge < -0.3 is 5.11 Å². The van der Waals surface area contributed by atoms with Gasteiger partial charge >= 0.3 is 37.9 Å². The van der Waals surface area contributed by atoms with E-state index in [1.165, 1.54) is 19.3 Å². The number of hydrogen-bond donors (Lipinski definition) is 1. The molecule has 0 amide bonds. The van der Waals surface area contributed by atoms with Crippen molar-refractivity contribution in [2.45, 2.75) is 39.2 Å². The predicted molar refractivity (Wildman–Crippen MR) is 78.9 cm³/mol. The standard InChI is InChI=1S/C14H19NO.2ClH.Zr/c1-3-11-7-8-13(11)15-9-12-6-4-5-10(2)14(12)16;;;/h4-6,9,11,13,16H,3,7-8H2,1-2H3;2*1H;/q;;;+2/p-2. The third-order valence-corrected chi connectivity index (χ3v) is 3.58. The van der Waals surface area contributed by atoms with Gasteiger partial charge in [0.25, 0.3) is 0 Å². The number of aromatic hydroxyl groups is 1. The molecule has 1 aliphatic carbocycles. The number of aryl methyl sites for hydroxylation is 1. The van der Waals surface area contributed by atoms with Gasteiger partial charge in [-0.3, -0.25) is 4.99 Å². The van der Waals surface area contributed by atoms with Crippen molar-refractivity contribution in [2.75, 3.05) is 0 Å². The van der Waals surface area contributed by atoms with Gasteiger partial charge in [-0.25, -0.2) is 0 Å². The summed E-state index contributed by atoms with van der Waals surface area (Å²) in [5.74, 6) is 1.11. The number of rotatable bonds is 3. The molecular formula is C14H19Cl2NOZr. The maximum absolute atomic E-state index is 9.83. The number of phenolic OH excluding ortho intramolecular Hbond substituents is 1. The van der Waals surface area contributed by atoms with E-state index in [-0.39, 0.29) is 0 Å². The van der Waals surface area contributed by atoms with Crippen molar-refractivity contribution in [2.24, 2.45) is 10.9 Å². The van der Waals surface area contributed by atoms with Gasteiger partial charge in [0.15, 0.2) is 0 Å². The van der Waals surface area contributed by atoms with Crippen LogP contribution in [0.3, 0.4) is 0 Å². The molecule has 1 aliphatic rings. The Morgan fingerprint density at radius 2 is 2.11 bits per heavy atom. The summed E-state index contributed by atoms with van der Waals surface area (Å²) in [6, 6.07) is 6.25. The molecule has 0 aromatic heterocycles. The molecule has 1 fully saturated rings. The molecule has 0 spiro atoms. The van der Waals surface area contributed by atoms with Gasteiger partial charge in [0.2, 0.25) is 0 Å². The molecule has 2 atom stereocenters. The summed E-state index contributed by atoms with van der Waals surface area (Å²) in [5, 5.41) is 9.83. The van der Waals surface area contributed by atoms with E-state index in [1.54, 1.807) is 0 Å². The first-order chi connectivity index (χ1) is 9.13. The predicted octanol–water partition coefficient (Wildman–Crippen LogP) is 4.68. The third-order valence-electron chi connectivity index (χ3n) is 3.58. The molecule has 2 nitrogen and oxygen atoms in total. The van der Waals surface area contributed by atoms with Crippen LogP contribution in [0.5, 0.6) is 5.75 Å². The molecule has 0 bridgehead atoms. The molecule has 0 saturated heterocycles. The Balaban J connectivity index is 0.000000550. The van der Waals surface area contributed by atoms with Crippen LogP contribution in [0.15, 0.2) is 23.2 Å². The number of halogens is 2. The zero-order valence-corrected chi connectivity index (χ0v) is 15.2. The molecule has 1 aromatic carbocycles. The molecule has 0 aliphatic heterocycles. The fraction of sp³-hybridized carbons (Fsp3) is 0.500. The molecule has 1 saturated carbocycles. The van der Waals surface area contributed by atoms with E-state index in [4.69, 9.17) is 17.0 Å². The fourth-order valence-electron chi connectivity index (χ4n) is 2.19. The third kappa shape index (κ3) is 5.21. The van der Waals surface area contributed by atoms with Gasteiger partial charge in [-0.05, 0) is 37.3 Å². The Morgan fingerprint density at radius 3 is 2.63 bits per heavy atom. The molecule has 104 valence electrons. The van der Waals surface area contributed by atoms with Crippen LogP contribution < -0.4 is 0 Å². The topological polar surface area (TPSA) is 32.6 Å². The Labute approximate surface area is 133 Å². The quantitative estimate of drug-likeness (QED) is 0.760. The second kappa shape index (κ2) is 9.16. The molecule has 19 heavy (non-hydrogen) atoms. The molecular weight excluding hydrogens is 360 g/mol. The van der Waals surface area contributed by atoms with Crippen molar-refractivity contribution >= 4 is 23.2 Å². The SMILES string of the molecule is CCC1CCC1N=Cc1cccc(C)c1O.[Cl][Zr][Cl]. The van der Waals surface area contributed by atoms with E-state index >= 15 is 0 Å². The first-order valence-electron chi connectivity index (χ1n) is 6.42. The van der Waals surface area contributed by atoms with Crippen LogP contribution in [-0.4, -0.2) is 17.4 Å². The second-order valence-corrected chi connectivity index (χ2v) is 8.41. The van der Waals surface area contributed by atoms with Crippen molar-refractivity contribution in [3.63, 3.8) is 0 Å². The van der Waals surface area contributed by atoms with Crippen LogP contribution in [0, 0.1) is 12.8 Å². The second-order valence-electron chi connectivity index (χ2n) is 4.68. The molecule has 2 rings (SSSR count). The van der Waals surface area contributed by atoms with E-state index in [0.717, 1.165) is 17.0 Å². The van der Waals surface area contributed by atoms with Crippen molar-refractivity contribution in [1.29, 1.82) is 0 Å². The van der Waals surface area contributed by atoms with Gasteiger partial charge in [-0.15, -0.1) is 0 Å². The van der Waals surface area contributed by atoms with Crippen molar-refractivity contribution in [3.8, 4) is 5.75 Å². The number of phenols is 1. The summed E-state index contributed by atoms with van der Waals surface area (Å²) < 4.78 is 0. The molecule has 2 unspecified atom stereocenters.